The van der Waals surface area contributed by atoms with E-state index in [4.69, 9.17) is 9.84 Å². The Morgan fingerprint density at radius 1 is 1.29 bits per heavy atom. The van der Waals surface area contributed by atoms with Gasteiger partial charge in [-0.15, -0.1) is 0 Å². The Morgan fingerprint density at radius 3 is 2.67 bits per heavy atom. The third kappa shape index (κ3) is 6.76. The lowest BCUT2D eigenvalue weighted by molar-refractivity contribution is 0.0698. The van der Waals surface area contributed by atoms with Gasteiger partial charge in [-0.05, 0) is 24.5 Å². The monoisotopic (exact) mass is 294 g/mol. The summed E-state index contributed by atoms with van der Waals surface area (Å²) in [6.07, 6.45) is 0.709. The maximum absolute atomic E-state index is 11.7. The molecule has 0 saturated carbocycles. The SMILES string of the molecule is CC(C)COCCCNC(=O)Nc1ccccc1C(=O)O. The number of nitrogens with one attached hydrogen (secondary N) is 2. The lowest BCUT2D eigenvalue weighted by atomic mass is 10.2. The number of amides is 2. The predicted molar refractivity (Wildman–Crippen MR) is 80.7 cm³/mol. The molecule has 0 spiro atoms. The minimum absolute atomic E-state index is 0.0629. The molecule has 6 heteroatoms. The highest BCUT2D eigenvalue weighted by Crippen LogP contribution is 2.14. The number of hydrogen-bond donors (Lipinski definition) is 3. The van der Waals surface area contributed by atoms with E-state index in [-0.39, 0.29) is 11.3 Å². The molecule has 0 radical (unpaired) electrons. The Morgan fingerprint density at radius 2 is 2.00 bits per heavy atom. The van der Waals surface area contributed by atoms with Gasteiger partial charge in [-0.2, -0.15) is 0 Å². The molecule has 0 heterocycles. The number of benzene rings is 1. The van der Waals surface area contributed by atoms with Crippen LogP contribution in [0.25, 0.3) is 0 Å². The molecular formula is C15H22N2O4. The topological polar surface area (TPSA) is 87.7 Å². The van der Waals surface area contributed by atoms with Gasteiger partial charge in [-0.3, -0.25) is 0 Å². The molecule has 116 valence electrons. The average Bonchev–Trinajstić information content (AvgIpc) is 2.42. The van der Waals surface area contributed by atoms with E-state index in [1.807, 2.05) is 0 Å². The number of para-hydroxylation sites is 1. The van der Waals surface area contributed by atoms with Crippen LogP contribution in [-0.4, -0.2) is 36.9 Å². The van der Waals surface area contributed by atoms with Crippen molar-refractivity contribution in [1.29, 1.82) is 0 Å². The molecule has 2 amide bonds. The fraction of sp³-hybridized carbons (Fsp3) is 0.467. The zero-order valence-electron chi connectivity index (χ0n) is 12.4. The molecule has 0 bridgehead atoms. The van der Waals surface area contributed by atoms with Crippen molar-refractivity contribution in [2.24, 2.45) is 5.92 Å². The van der Waals surface area contributed by atoms with Crippen molar-refractivity contribution in [2.75, 3.05) is 25.1 Å². The smallest absolute Gasteiger partial charge is 0.337 e. The summed E-state index contributed by atoms with van der Waals surface area (Å²) in [6.45, 7) is 5.92. The molecule has 0 aliphatic heterocycles. The first-order chi connectivity index (χ1) is 10.0. The molecular weight excluding hydrogens is 272 g/mol. The lowest BCUT2D eigenvalue weighted by Crippen LogP contribution is -2.30. The van der Waals surface area contributed by atoms with Gasteiger partial charge in [0.15, 0.2) is 0 Å². The number of carboxylic acids is 1. The van der Waals surface area contributed by atoms with Gasteiger partial charge in [0.05, 0.1) is 11.3 Å². The Kier molecular flexibility index (Phi) is 7.25. The van der Waals surface area contributed by atoms with Crippen molar-refractivity contribution in [1.82, 2.24) is 5.32 Å². The molecule has 1 aromatic carbocycles. The highest BCUT2D eigenvalue weighted by Gasteiger charge is 2.10. The Balaban J connectivity index is 2.30. The molecule has 21 heavy (non-hydrogen) atoms. The van der Waals surface area contributed by atoms with Crippen molar-refractivity contribution < 1.29 is 19.4 Å². The van der Waals surface area contributed by atoms with Crippen LogP contribution in [0.3, 0.4) is 0 Å². The molecule has 0 saturated heterocycles. The van der Waals surface area contributed by atoms with Crippen molar-refractivity contribution >= 4 is 17.7 Å². The average molecular weight is 294 g/mol. The molecule has 0 atom stereocenters. The van der Waals surface area contributed by atoms with E-state index in [2.05, 4.69) is 24.5 Å². The molecule has 6 nitrogen and oxygen atoms in total. The molecule has 3 N–H and O–H groups in total. The van der Waals surface area contributed by atoms with Crippen LogP contribution < -0.4 is 10.6 Å². The minimum Gasteiger partial charge on any atom is -0.478 e. The van der Waals surface area contributed by atoms with Gasteiger partial charge in [-0.25, -0.2) is 9.59 Å². The molecule has 0 aromatic heterocycles. The largest absolute Gasteiger partial charge is 0.478 e. The van der Waals surface area contributed by atoms with Crippen molar-refractivity contribution in [2.45, 2.75) is 20.3 Å². The van der Waals surface area contributed by atoms with E-state index in [1.165, 1.54) is 6.07 Å². The van der Waals surface area contributed by atoms with E-state index >= 15 is 0 Å². The van der Waals surface area contributed by atoms with E-state index < -0.39 is 12.0 Å². The van der Waals surface area contributed by atoms with Crippen LogP contribution in [-0.2, 0) is 4.74 Å². The van der Waals surface area contributed by atoms with E-state index in [0.29, 0.717) is 32.1 Å². The number of ether oxygens (including phenoxy) is 1. The van der Waals surface area contributed by atoms with E-state index in [0.717, 1.165) is 0 Å². The summed E-state index contributed by atoms with van der Waals surface area (Å²) in [5.41, 5.74) is 0.339. The molecule has 1 rings (SSSR count). The van der Waals surface area contributed by atoms with Gasteiger partial charge in [0.2, 0.25) is 0 Å². The summed E-state index contributed by atoms with van der Waals surface area (Å²) in [5, 5.41) is 14.2. The Labute approximate surface area is 124 Å². The van der Waals surface area contributed by atoms with Gasteiger partial charge in [0.25, 0.3) is 0 Å². The zero-order valence-corrected chi connectivity index (χ0v) is 12.4. The number of rotatable bonds is 8. The van der Waals surface area contributed by atoms with E-state index in [1.54, 1.807) is 18.2 Å². The molecule has 0 aliphatic rings. The second-order valence-corrected chi connectivity index (χ2v) is 5.05. The number of carboxylic acid groups (broad SMARTS) is 1. The van der Waals surface area contributed by atoms with Crippen molar-refractivity contribution in [3.05, 3.63) is 29.8 Å². The molecule has 0 aliphatic carbocycles. The standard InChI is InChI=1S/C15H22N2O4/c1-11(2)10-21-9-5-8-16-15(20)17-13-7-4-3-6-12(13)14(18)19/h3-4,6-7,11H,5,8-10H2,1-2H3,(H,18,19)(H2,16,17,20). The highest BCUT2D eigenvalue weighted by atomic mass is 16.5. The number of anilines is 1. The minimum atomic E-state index is -1.08. The first-order valence-corrected chi connectivity index (χ1v) is 6.95. The second-order valence-electron chi connectivity index (χ2n) is 5.05. The summed E-state index contributed by atoms with van der Waals surface area (Å²) in [7, 11) is 0. The molecule has 1 aromatic rings. The summed E-state index contributed by atoms with van der Waals surface area (Å²) >= 11 is 0. The van der Waals surface area contributed by atoms with Gasteiger partial charge < -0.3 is 20.5 Å². The Hall–Kier alpha value is -2.08. The van der Waals surface area contributed by atoms with Crippen LogP contribution in [0.1, 0.15) is 30.6 Å². The van der Waals surface area contributed by atoms with Crippen LogP contribution in [0.2, 0.25) is 0 Å². The quantitative estimate of drug-likeness (QED) is 0.643. The number of carbonyl (C=O) groups is 2. The third-order valence-corrected chi connectivity index (χ3v) is 2.61. The van der Waals surface area contributed by atoms with Crippen LogP contribution >= 0.6 is 0 Å². The van der Waals surface area contributed by atoms with E-state index in [9.17, 15) is 9.59 Å². The van der Waals surface area contributed by atoms with Crippen molar-refractivity contribution in [3.8, 4) is 0 Å². The predicted octanol–water partition coefficient (Wildman–Crippen LogP) is 2.57. The summed E-state index contributed by atoms with van der Waals surface area (Å²) < 4.78 is 5.40. The van der Waals surface area contributed by atoms with Gasteiger partial charge in [-0.1, -0.05) is 26.0 Å². The van der Waals surface area contributed by atoms with Crippen LogP contribution in [0, 0.1) is 5.92 Å². The molecule has 0 unspecified atom stereocenters. The number of carbonyl (C=O) groups excluding carboxylic acids is 1. The van der Waals surface area contributed by atoms with Gasteiger partial charge >= 0.3 is 12.0 Å². The third-order valence-electron chi connectivity index (χ3n) is 2.61. The van der Waals surface area contributed by atoms with Crippen molar-refractivity contribution in [3.63, 3.8) is 0 Å². The summed E-state index contributed by atoms with van der Waals surface area (Å²) in [4.78, 5) is 22.7. The van der Waals surface area contributed by atoms with Gasteiger partial charge in [0.1, 0.15) is 0 Å². The van der Waals surface area contributed by atoms with Gasteiger partial charge in [0, 0.05) is 19.8 Å². The Bertz CT molecular complexity index is 474. The maximum atomic E-state index is 11.7. The number of hydrogen-bond acceptors (Lipinski definition) is 3. The second kappa shape index (κ2) is 8.97. The lowest BCUT2D eigenvalue weighted by Gasteiger charge is -2.10. The fourth-order valence-corrected chi connectivity index (χ4v) is 1.64. The zero-order chi connectivity index (χ0) is 15.7. The summed E-state index contributed by atoms with van der Waals surface area (Å²) in [5.74, 6) is -0.582. The highest BCUT2D eigenvalue weighted by molar-refractivity contribution is 5.99. The first kappa shape index (κ1) is 17.0. The molecule has 0 fully saturated rings. The fourth-order valence-electron chi connectivity index (χ4n) is 1.64. The normalized spacial score (nSPS) is 10.4. The number of urea groups is 1. The summed E-state index contributed by atoms with van der Waals surface area (Å²) in [6, 6.07) is 5.85. The first-order valence-electron chi connectivity index (χ1n) is 6.95. The number of aromatic carboxylic acids is 1. The van der Waals surface area contributed by atoms with Crippen LogP contribution in [0.15, 0.2) is 24.3 Å². The van der Waals surface area contributed by atoms with Crippen LogP contribution in [0.4, 0.5) is 10.5 Å². The van der Waals surface area contributed by atoms with Crippen LogP contribution in [0.5, 0.6) is 0 Å². The maximum Gasteiger partial charge on any atom is 0.337 e.